The Labute approximate surface area is 101 Å². The van der Waals surface area contributed by atoms with E-state index in [1.54, 1.807) is 10.9 Å². The number of carbonyl (C=O) groups excluding carboxylic acids is 1. The average Bonchev–Trinajstić information content (AvgIpc) is 2.55. The van der Waals surface area contributed by atoms with Crippen LogP contribution in [0, 0.1) is 6.92 Å². The van der Waals surface area contributed by atoms with E-state index in [9.17, 15) is 4.79 Å². The first kappa shape index (κ1) is 12.1. The van der Waals surface area contributed by atoms with Crippen molar-refractivity contribution in [3.63, 3.8) is 0 Å². The quantitative estimate of drug-likeness (QED) is 0.731. The molecular weight excluding hydrogens is 218 g/mol. The third-order valence-corrected chi connectivity index (χ3v) is 2.95. The minimum absolute atomic E-state index is 0.0533. The molecular formula is C12H19N3O2. The SMILES string of the molecule is Cc1nn(C)cc1C(=O)N1CC(C)OC(C)C1. The number of aromatic nitrogens is 2. The zero-order chi connectivity index (χ0) is 12.6. The van der Waals surface area contributed by atoms with Crippen LogP contribution in [0.2, 0.25) is 0 Å². The van der Waals surface area contributed by atoms with Crippen molar-refractivity contribution in [3.8, 4) is 0 Å². The third kappa shape index (κ3) is 2.49. The number of ether oxygens (including phenoxy) is 1. The Balaban J connectivity index is 2.17. The monoisotopic (exact) mass is 237 g/mol. The lowest BCUT2D eigenvalue weighted by Crippen LogP contribution is -2.48. The van der Waals surface area contributed by atoms with Crippen LogP contribution in [0.4, 0.5) is 0 Å². The number of aryl methyl sites for hydroxylation is 2. The maximum Gasteiger partial charge on any atom is 0.257 e. The van der Waals surface area contributed by atoms with Crippen molar-refractivity contribution in [2.24, 2.45) is 7.05 Å². The molecule has 17 heavy (non-hydrogen) atoms. The van der Waals surface area contributed by atoms with Gasteiger partial charge in [0.25, 0.3) is 5.91 Å². The van der Waals surface area contributed by atoms with Crippen LogP contribution >= 0.6 is 0 Å². The van der Waals surface area contributed by atoms with Gasteiger partial charge in [0.15, 0.2) is 0 Å². The Morgan fingerprint density at radius 3 is 2.47 bits per heavy atom. The van der Waals surface area contributed by atoms with Gasteiger partial charge in [-0.2, -0.15) is 5.10 Å². The highest BCUT2D eigenvalue weighted by molar-refractivity contribution is 5.95. The van der Waals surface area contributed by atoms with Crippen molar-refractivity contribution >= 4 is 5.91 Å². The first-order valence-electron chi connectivity index (χ1n) is 5.92. The standard InChI is InChI=1S/C12H19N3O2/c1-8-5-15(6-9(2)17-8)12(16)11-7-14(4)13-10(11)3/h7-9H,5-6H2,1-4H3. The van der Waals surface area contributed by atoms with Crippen LogP contribution in [0.3, 0.4) is 0 Å². The zero-order valence-electron chi connectivity index (χ0n) is 10.8. The fourth-order valence-corrected chi connectivity index (χ4v) is 2.32. The summed E-state index contributed by atoms with van der Waals surface area (Å²) >= 11 is 0. The molecule has 1 aliphatic rings. The maximum absolute atomic E-state index is 12.3. The topological polar surface area (TPSA) is 47.4 Å². The molecule has 0 aliphatic carbocycles. The van der Waals surface area contributed by atoms with Crippen molar-refractivity contribution in [1.82, 2.24) is 14.7 Å². The van der Waals surface area contributed by atoms with Crippen LogP contribution in [0.25, 0.3) is 0 Å². The number of carbonyl (C=O) groups is 1. The molecule has 1 aliphatic heterocycles. The van der Waals surface area contributed by atoms with E-state index in [1.807, 2.05) is 32.7 Å². The number of rotatable bonds is 1. The third-order valence-electron chi connectivity index (χ3n) is 2.95. The van der Waals surface area contributed by atoms with E-state index >= 15 is 0 Å². The molecule has 0 N–H and O–H groups in total. The van der Waals surface area contributed by atoms with E-state index in [2.05, 4.69) is 5.10 Å². The molecule has 1 fully saturated rings. The van der Waals surface area contributed by atoms with Crippen molar-refractivity contribution in [2.45, 2.75) is 33.0 Å². The van der Waals surface area contributed by atoms with Gasteiger partial charge in [-0.25, -0.2) is 0 Å². The van der Waals surface area contributed by atoms with Crippen LogP contribution in [-0.4, -0.2) is 45.9 Å². The second kappa shape index (κ2) is 4.49. The lowest BCUT2D eigenvalue weighted by atomic mass is 10.2. The second-order valence-corrected chi connectivity index (χ2v) is 4.77. The molecule has 2 rings (SSSR count). The Morgan fingerprint density at radius 1 is 1.41 bits per heavy atom. The van der Waals surface area contributed by atoms with E-state index in [-0.39, 0.29) is 18.1 Å². The number of morpholine rings is 1. The fourth-order valence-electron chi connectivity index (χ4n) is 2.32. The lowest BCUT2D eigenvalue weighted by molar-refractivity contribution is -0.0586. The molecule has 0 aromatic carbocycles. The summed E-state index contributed by atoms with van der Waals surface area (Å²) in [6.07, 6.45) is 1.97. The fraction of sp³-hybridized carbons (Fsp3) is 0.667. The van der Waals surface area contributed by atoms with Gasteiger partial charge < -0.3 is 9.64 Å². The summed E-state index contributed by atoms with van der Waals surface area (Å²) in [5, 5.41) is 4.20. The lowest BCUT2D eigenvalue weighted by Gasteiger charge is -2.35. The van der Waals surface area contributed by atoms with Gasteiger partial charge in [-0.3, -0.25) is 9.48 Å². The molecule has 0 saturated carbocycles. The highest BCUT2D eigenvalue weighted by Crippen LogP contribution is 2.15. The molecule has 2 unspecified atom stereocenters. The summed E-state index contributed by atoms with van der Waals surface area (Å²) in [7, 11) is 1.83. The van der Waals surface area contributed by atoms with E-state index in [4.69, 9.17) is 4.74 Å². The maximum atomic E-state index is 12.3. The summed E-state index contributed by atoms with van der Waals surface area (Å²) in [6.45, 7) is 7.15. The van der Waals surface area contributed by atoms with Crippen molar-refractivity contribution < 1.29 is 9.53 Å². The van der Waals surface area contributed by atoms with E-state index < -0.39 is 0 Å². The molecule has 1 aromatic heterocycles. The molecule has 0 bridgehead atoms. The number of hydrogen-bond donors (Lipinski definition) is 0. The van der Waals surface area contributed by atoms with Gasteiger partial charge in [0, 0.05) is 26.3 Å². The number of amides is 1. The van der Waals surface area contributed by atoms with E-state index in [1.165, 1.54) is 0 Å². The van der Waals surface area contributed by atoms with Crippen LogP contribution in [-0.2, 0) is 11.8 Å². The van der Waals surface area contributed by atoms with Crippen LogP contribution in [0.5, 0.6) is 0 Å². The molecule has 0 radical (unpaired) electrons. The van der Waals surface area contributed by atoms with Gasteiger partial charge in [-0.15, -0.1) is 0 Å². The normalized spacial score (nSPS) is 25.1. The summed E-state index contributed by atoms with van der Waals surface area (Å²) in [5.41, 5.74) is 1.47. The van der Waals surface area contributed by atoms with E-state index in [0.29, 0.717) is 18.7 Å². The van der Waals surface area contributed by atoms with Crippen LogP contribution < -0.4 is 0 Å². The molecule has 94 valence electrons. The predicted octanol–water partition coefficient (Wildman–Crippen LogP) is 0.978. The summed E-state index contributed by atoms with van der Waals surface area (Å²) in [6, 6.07) is 0. The van der Waals surface area contributed by atoms with Gasteiger partial charge in [-0.1, -0.05) is 0 Å². The van der Waals surface area contributed by atoms with Crippen molar-refractivity contribution in [2.75, 3.05) is 13.1 Å². The zero-order valence-corrected chi connectivity index (χ0v) is 10.8. The van der Waals surface area contributed by atoms with Gasteiger partial charge in [0.1, 0.15) is 0 Å². The van der Waals surface area contributed by atoms with Gasteiger partial charge in [0.2, 0.25) is 0 Å². The van der Waals surface area contributed by atoms with Gasteiger partial charge in [-0.05, 0) is 20.8 Å². The molecule has 0 spiro atoms. The Kier molecular flexibility index (Phi) is 3.19. The molecule has 1 aromatic rings. The molecule has 2 atom stereocenters. The first-order valence-corrected chi connectivity index (χ1v) is 5.92. The number of hydrogen-bond acceptors (Lipinski definition) is 3. The van der Waals surface area contributed by atoms with Crippen molar-refractivity contribution in [1.29, 1.82) is 0 Å². The van der Waals surface area contributed by atoms with Gasteiger partial charge >= 0.3 is 0 Å². The van der Waals surface area contributed by atoms with Crippen LogP contribution in [0.1, 0.15) is 29.9 Å². The number of nitrogens with zero attached hydrogens (tertiary/aromatic N) is 3. The molecule has 1 amide bonds. The molecule has 5 nitrogen and oxygen atoms in total. The smallest absolute Gasteiger partial charge is 0.257 e. The minimum Gasteiger partial charge on any atom is -0.372 e. The predicted molar refractivity (Wildman–Crippen MR) is 63.9 cm³/mol. The average molecular weight is 237 g/mol. The van der Waals surface area contributed by atoms with E-state index in [0.717, 1.165) is 5.69 Å². The summed E-state index contributed by atoms with van der Waals surface area (Å²) in [4.78, 5) is 14.2. The largest absolute Gasteiger partial charge is 0.372 e. The Bertz CT molecular complexity index is 417. The highest BCUT2D eigenvalue weighted by atomic mass is 16.5. The Morgan fingerprint density at radius 2 is 2.00 bits per heavy atom. The second-order valence-electron chi connectivity index (χ2n) is 4.77. The molecule has 2 heterocycles. The molecule has 5 heteroatoms. The van der Waals surface area contributed by atoms with Crippen molar-refractivity contribution in [3.05, 3.63) is 17.5 Å². The molecule has 1 saturated heterocycles. The Hall–Kier alpha value is -1.36. The minimum atomic E-state index is 0.0533. The summed E-state index contributed by atoms with van der Waals surface area (Å²) < 4.78 is 7.30. The first-order chi connectivity index (χ1) is 7.97. The van der Waals surface area contributed by atoms with Crippen LogP contribution in [0.15, 0.2) is 6.20 Å². The van der Waals surface area contributed by atoms with Gasteiger partial charge in [0.05, 0.1) is 23.5 Å². The summed E-state index contributed by atoms with van der Waals surface area (Å²) in [5.74, 6) is 0.0533. The highest BCUT2D eigenvalue weighted by Gasteiger charge is 2.28.